The number of anilines is 2. The van der Waals surface area contributed by atoms with Gasteiger partial charge in [0.15, 0.2) is 5.65 Å². The summed E-state index contributed by atoms with van der Waals surface area (Å²) >= 11 is 0. The summed E-state index contributed by atoms with van der Waals surface area (Å²) in [7, 11) is 3.39. The highest BCUT2D eigenvalue weighted by Crippen LogP contribution is 2.52. The van der Waals surface area contributed by atoms with Crippen LogP contribution in [0.15, 0.2) is 42.2 Å². The molecule has 3 aromatic heterocycles. The van der Waals surface area contributed by atoms with Crippen molar-refractivity contribution in [3.05, 3.63) is 47.9 Å². The van der Waals surface area contributed by atoms with Gasteiger partial charge in [-0.25, -0.2) is 14.2 Å². The number of aliphatic hydroxyl groups excluding tert-OH is 1. The second-order valence-corrected chi connectivity index (χ2v) is 8.04. The number of aromatic nitrogens is 5. The summed E-state index contributed by atoms with van der Waals surface area (Å²) in [6, 6.07) is 0. The fourth-order valence-electron chi connectivity index (χ4n) is 4.68. The molecule has 5 rings (SSSR count). The predicted octanol–water partition coefficient (Wildman–Crippen LogP) is 0.664. The third-order valence-electron chi connectivity index (χ3n) is 6.27. The first-order valence-electron chi connectivity index (χ1n) is 9.96. The molecule has 3 aromatic rings. The Bertz CT molecular complexity index is 1150. The summed E-state index contributed by atoms with van der Waals surface area (Å²) in [6.07, 6.45) is 7.90. The number of methoxy groups -OCH3 is 1. The second kappa shape index (κ2) is 6.99. The Morgan fingerprint density at radius 3 is 2.83 bits per heavy atom. The van der Waals surface area contributed by atoms with Crippen molar-refractivity contribution in [3.63, 3.8) is 0 Å². The molecule has 0 aromatic carbocycles. The number of piperidine rings is 1. The number of hydrogen-bond acceptors (Lipinski definition) is 7. The van der Waals surface area contributed by atoms with Gasteiger partial charge in [0, 0.05) is 45.3 Å². The first-order valence-corrected chi connectivity index (χ1v) is 9.96. The zero-order valence-corrected chi connectivity index (χ0v) is 17.0. The number of nitrogens with zero attached hydrogens (tertiary/aromatic N) is 6. The standard InChI is InChI=1S/C20H25N7O3/c1-4-17(28)25-7-12-13(8-25)14(12)9-26-11-15(18-21-5-6-27(18)20(26)29)22-16-10-24(2)23-19(16)30-3/h4-6,10-14,17,22,28H,1,7-9H2,2-3H3. The number of fused-ring (bicyclic) bond motifs is 2. The third-order valence-corrected chi connectivity index (χ3v) is 6.27. The Labute approximate surface area is 173 Å². The summed E-state index contributed by atoms with van der Waals surface area (Å²) in [4.78, 5) is 19.4. The number of rotatable bonds is 7. The Morgan fingerprint density at radius 2 is 2.13 bits per heavy atom. The van der Waals surface area contributed by atoms with Gasteiger partial charge in [0.25, 0.3) is 5.88 Å². The molecule has 0 amide bonds. The monoisotopic (exact) mass is 411 g/mol. The number of ether oxygens (including phenoxy) is 1. The van der Waals surface area contributed by atoms with Crippen LogP contribution in [0.1, 0.15) is 0 Å². The molecule has 10 nitrogen and oxygen atoms in total. The molecule has 1 saturated heterocycles. The Hall–Kier alpha value is -3.11. The van der Waals surface area contributed by atoms with Crippen LogP contribution >= 0.6 is 0 Å². The van der Waals surface area contributed by atoms with Crippen molar-refractivity contribution in [1.29, 1.82) is 0 Å². The number of aryl methyl sites for hydroxylation is 1. The van der Waals surface area contributed by atoms with Crippen LogP contribution in [0.5, 0.6) is 5.88 Å². The van der Waals surface area contributed by atoms with Gasteiger partial charge in [-0.15, -0.1) is 5.10 Å². The molecule has 2 fully saturated rings. The lowest BCUT2D eigenvalue weighted by Crippen LogP contribution is -2.35. The van der Waals surface area contributed by atoms with Crippen LogP contribution < -0.4 is 15.7 Å². The minimum absolute atomic E-state index is 0.112. The fraction of sp³-hybridized carbons (Fsp3) is 0.450. The van der Waals surface area contributed by atoms with Crippen molar-refractivity contribution >= 4 is 17.0 Å². The SMILES string of the molecule is C=CC(O)N1CC2C(C1)C2Cn1cc(Nc2cn(C)nc2OC)c2nccn2c1=O. The number of imidazole rings is 1. The summed E-state index contributed by atoms with van der Waals surface area (Å²) in [5.41, 5.74) is 1.85. The molecule has 10 heteroatoms. The molecule has 2 aliphatic rings. The summed E-state index contributed by atoms with van der Waals surface area (Å²) in [6.45, 7) is 5.97. The molecule has 4 heterocycles. The van der Waals surface area contributed by atoms with Crippen LogP contribution in [0.4, 0.5) is 11.4 Å². The molecule has 3 unspecified atom stereocenters. The molecule has 3 atom stereocenters. The normalized spacial score (nSPS) is 24.0. The summed E-state index contributed by atoms with van der Waals surface area (Å²) < 4.78 is 10.3. The molecule has 158 valence electrons. The maximum Gasteiger partial charge on any atom is 0.334 e. The molecule has 1 aliphatic heterocycles. The molecule has 2 N–H and O–H groups in total. The number of nitrogens with one attached hydrogen (secondary N) is 1. The predicted molar refractivity (Wildman–Crippen MR) is 111 cm³/mol. The number of likely N-dealkylation sites (tertiary alicyclic amines) is 1. The quantitative estimate of drug-likeness (QED) is 0.551. The van der Waals surface area contributed by atoms with E-state index in [2.05, 4.69) is 22.0 Å². The van der Waals surface area contributed by atoms with E-state index in [-0.39, 0.29) is 5.69 Å². The minimum atomic E-state index is -0.589. The van der Waals surface area contributed by atoms with Crippen LogP contribution in [-0.2, 0) is 13.6 Å². The van der Waals surface area contributed by atoms with Gasteiger partial charge in [-0.2, -0.15) is 0 Å². The highest BCUT2D eigenvalue weighted by molar-refractivity contribution is 5.74. The Kier molecular flexibility index (Phi) is 4.40. The zero-order valence-electron chi connectivity index (χ0n) is 17.0. The van der Waals surface area contributed by atoms with E-state index in [1.54, 1.807) is 39.2 Å². The van der Waals surface area contributed by atoms with Crippen molar-refractivity contribution in [2.75, 3.05) is 25.5 Å². The number of aliphatic hydroxyl groups is 1. The third kappa shape index (κ3) is 2.99. The molecule has 0 spiro atoms. The van der Waals surface area contributed by atoms with Crippen molar-refractivity contribution < 1.29 is 9.84 Å². The maximum atomic E-state index is 13.0. The van der Waals surface area contributed by atoms with Crippen molar-refractivity contribution in [3.8, 4) is 5.88 Å². The van der Waals surface area contributed by atoms with Gasteiger partial charge in [0.2, 0.25) is 0 Å². The van der Waals surface area contributed by atoms with Crippen LogP contribution in [0.2, 0.25) is 0 Å². The zero-order chi connectivity index (χ0) is 21.0. The van der Waals surface area contributed by atoms with E-state index < -0.39 is 6.23 Å². The molecule has 0 radical (unpaired) electrons. The van der Waals surface area contributed by atoms with E-state index in [4.69, 9.17) is 4.74 Å². The van der Waals surface area contributed by atoms with Crippen LogP contribution in [0.3, 0.4) is 0 Å². The highest BCUT2D eigenvalue weighted by Gasteiger charge is 2.56. The largest absolute Gasteiger partial charge is 0.478 e. The molecular formula is C20H25N7O3. The first-order chi connectivity index (χ1) is 14.5. The molecule has 1 aliphatic carbocycles. The summed E-state index contributed by atoms with van der Waals surface area (Å²) in [5.74, 6) is 1.90. The van der Waals surface area contributed by atoms with Crippen molar-refractivity contribution in [2.24, 2.45) is 24.8 Å². The van der Waals surface area contributed by atoms with Gasteiger partial charge in [0.1, 0.15) is 11.9 Å². The van der Waals surface area contributed by atoms with E-state index in [1.165, 1.54) is 0 Å². The van der Waals surface area contributed by atoms with E-state index >= 15 is 0 Å². The second-order valence-electron chi connectivity index (χ2n) is 8.04. The smallest absolute Gasteiger partial charge is 0.334 e. The van der Waals surface area contributed by atoms with E-state index in [9.17, 15) is 9.90 Å². The molecule has 1 saturated carbocycles. The van der Waals surface area contributed by atoms with E-state index in [0.29, 0.717) is 47.2 Å². The Morgan fingerprint density at radius 1 is 1.37 bits per heavy atom. The van der Waals surface area contributed by atoms with Gasteiger partial charge in [-0.1, -0.05) is 6.58 Å². The van der Waals surface area contributed by atoms with E-state index in [0.717, 1.165) is 13.1 Å². The summed E-state index contributed by atoms with van der Waals surface area (Å²) in [5, 5.41) is 17.5. The van der Waals surface area contributed by atoms with Crippen molar-refractivity contribution in [1.82, 2.24) is 28.6 Å². The maximum absolute atomic E-state index is 13.0. The molecule has 30 heavy (non-hydrogen) atoms. The highest BCUT2D eigenvalue weighted by atomic mass is 16.5. The minimum Gasteiger partial charge on any atom is -0.478 e. The van der Waals surface area contributed by atoms with Crippen LogP contribution in [0, 0.1) is 17.8 Å². The first kappa shape index (κ1) is 18.9. The van der Waals surface area contributed by atoms with Gasteiger partial charge >= 0.3 is 5.69 Å². The lowest BCUT2D eigenvalue weighted by molar-refractivity contribution is 0.0476. The average Bonchev–Trinajstić information content (AvgIpc) is 3.21. The average molecular weight is 411 g/mol. The molecular weight excluding hydrogens is 386 g/mol. The van der Waals surface area contributed by atoms with Crippen molar-refractivity contribution in [2.45, 2.75) is 12.8 Å². The number of hydrogen-bond donors (Lipinski definition) is 2. The molecule has 0 bridgehead atoms. The fourth-order valence-corrected chi connectivity index (χ4v) is 4.68. The van der Waals surface area contributed by atoms with Gasteiger partial charge in [-0.3, -0.25) is 14.1 Å². The lowest BCUT2D eigenvalue weighted by Gasteiger charge is -2.23. The Balaban J connectivity index is 1.41. The van der Waals surface area contributed by atoms with Crippen LogP contribution in [-0.4, -0.2) is 60.2 Å². The van der Waals surface area contributed by atoms with Gasteiger partial charge in [-0.05, 0) is 23.8 Å². The van der Waals surface area contributed by atoms with Gasteiger partial charge in [0.05, 0.1) is 19.0 Å². The lowest BCUT2D eigenvalue weighted by atomic mass is 10.2. The van der Waals surface area contributed by atoms with Gasteiger partial charge < -0.3 is 15.2 Å². The topological polar surface area (TPSA) is 102 Å². The van der Waals surface area contributed by atoms with E-state index in [1.807, 2.05) is 24.3 Å². The van der Waals surface area contributed by atoms with Crippen LogP contribution in [0.25, 0.3) is 5.65 Å².